The van der Waals surface area contributed by atoms with Crippen LogP contribution in [0.4, 0.5) is 0 Å². The highest BCUT2D eigenvalue weighted by Crippen LogP contribution is 2.34. The summed E-state index contributed by atoms with van der Waals surface area (Å²) in [6, 6.07) is 25.5. The van der Waals surface area contributed by atoms with Crippen molar-refractivity contribution in [1.29, 1.82) is 0 Å². The van der Waals surface area contributed by atoms with Crippen molar-refractivity contribution >= 4 is 52.7 Å². The lowest BCUT2D eigenvalue weighted by atomic mass is 9.88. The van der Waals surface area contributed by atoms with Crippen molar-refractivity contribution in [2.24, 2.45) is 0 Å². The Hall–Kier alpha value is -3.70. The molecule has 5 heteroatoms. The molecule has 3 aromatic carbocycles. The normalized spacial score (nSPS) is 13.8. The van der Waals surface area contributed by atoms with Crippen molar-refractivity contribution in [3.8, 4) is 11.1 Å². The predicted octanol–water partition coefficient (Wildman–Crippen LogP) is 4.73. The number of aromatic nitrogens is 1. The number of allylic oxidation sites excluding steroid dienone is 2. The molecular formula is C27H19BN2OS. The number of rotatable bonds is 3. The van der Waals surface area contributed by atoms with Crippen molar-refractivity contribution in [2.45, 2.75) is 6.42 Å². The molecule has 0 fully saturated rings. The molecule has 5 rings (SSSR count). The highest BCUT2D eigenvalue weighted by molar-refractivity contribution is 7.80. The Morgan fingerprint density at radius 1 is 0.844 bits per heavy atom. The third-order valence-corrected chi connectivity index (χ3v) is 5.82. The Bertz CT molecular complexity index is 1450. The van der Waals surface area contributed by atoms with Crippen LogP contribution in [-0.2, 0) is 0 Å². The van der Waals surface area contributed by atoms with Gasteiger partial charge in [0.05, 0.1) is 10.6 Å². The fourth-order valence-corrected chi connectivity index (χ4v) is 4.29. The van der Waals surface area contributed by atoms with Crippen LogP contribution < -0.4 is 16.3 Å². The molecule has 1 aliphatic heterocycles. The first-order valence-corrected chi connectivity index (χ1v) is 10.8. The monoisotopic (exact) mass is 430 g/mol. The number of nitrogens with one attached hydrogen (secondary N) is 2. The smallest absolute Gasteiger partial charge is 0.256 e. The van der Waals surface area contributed by atoms with Crippen molar-refractivity contribution in [3.63, 3.8) is 0 Å². The molecule has 1 aromatic heterocycles. The van der Waals surface area contributed by atoms with Gasteiger partial charge in [0.25, 0.3) is 5.56 Å². The van der Waals surface area contributed by atoms with Crippen molar-refractivity contribution < 1.29 is 0 Å². The molecule has 2 heterocycles. The second kappa shape index (κ2) is 8.44. The summed E-state index contributed by atoms with van der Waals surface area (Å²) in [4.78, 5) is 17.2. The molecule has 2 N–H and O–H groups in total. The van der Waals surface area contributed by atoms with Crippen LogP contribution in [0.15, 0.2) is 95.8 Å². The van der Waals surface area contributed by atoms with Gasteiger partial charge in [0.1, 0.15) is 7.85 Å². The van der Waals surface area contributed by atoms with E-state index >= 15 is 0 Å². The fourth-order valence-electron chi connectivity index (χ4n) is 4.09. The van der Waals surface area contributed by atoms with E-state index in [0.29, 0.717) is 22.4 Å². The van der Waals surface area contributed by atoms with Gasteiger partial charge in [-0.05, 0) is 28.8 Å². The van der Waals surface area contributed by atoms with E-state index < -0.39 is 0 Å². The van der Waals surface area contributed by atoms with E-state index in [1.54, 1.807) is 6.07 Å². The summed E-state index contributed by atoms with van der Waals surface area (Å²) >= 11 is 5.53. The summed E-state index contributed by atoms with van der Waals surface area (Å²) in [5.41, 5.74) is 6.36. The number of hydrogen-bond donors (Lipinski definition) is 2. The first-order chi connectivity index (χ1) is 15.6. The summed E-state index contributed by atoms with van der Waals surface area (Å²) in [6.07, 6.45) is 4.56. The van der Waals surface area contributed by atoms with E-state index in [9.17, 15) is 4.79 Å². The molecule has 0 bridgehead atoms. The maximum absolute atomic E-state index is 13.4. The predicted molar refractivity (Wildman–Crippen MR) is 138 cm³/mol. The molecule has 0 amide bonds. The standard InChI is InChI=1S/C27H19BN2OS/c28-20-12-13-22-21(16-20)25(18-9-5-2-6-10-18)26(27(31)30-22)19-11-14-24(32)29-23(15-19)17-7-3-1-4-8-17/h1-13,15-16H,14H2,(H,29,32)(H,30,31). The van der Waals surface area contributed by atoms with Gasteiger partial charge in [0.15, 0.2) is 0 Å². The summed E-state index contributed by atoms with van der Waals surface area (Å²) in [7, 11) is 6.13. The molecule has 0 saturated heterocycles. The molecule has 1 aliphatic rings. The van der Waals surface area contributed by atoms with Crippen LogP contribution in [0.1, 0.15) is 17.5 Å². The molecule has 3 nitrogen and oxygen atoms in total. The lowest BCUT2D eigenvalue weighted by Crippen LogP contribution is -2.18. The minimum Gasteiger partial charge on any atom is -0.349 e. The van der Waals surface area contributed by atoms with Gasteiger partial charge in [0.2, 0.25) is 0 Å². The molecule has 0 aliphatic carbocycles. The third kappa shape index (κ3) is 3.83. The Balaban J connectivity index is 1.83. The molecule has 0 saturated carbocycles. The number of pyridine rings is 1. The SMILES string of the molecule is [B]c1ccc2[nH]c(=O)c(C3=CCC(=S)NC(c4ccccc4)=C3)c(-c3ccccc3)c2c1. The summed E-state index contributed by atoms with van der Waals surface area (Å²) in [6.45, 7) is 0. The van der Waals surface area contributed by atoms with Crippen LogP contribution in [0.3, 0.4) is 0 Å². The maximum atomic E-state index is 13.4. The number of aromatic amines is 1. The average molecular weight is 430 g/mol. The molecule has 0 atom stereocenters. The zero-order chi connectivity index (χ0) is 22.1. The van der Waals surface area contributed by atoms with Crippen LogP contribution in [0.5, 0.6) is 0 Å². The molecule has 32 heavy (non-hydrogen) atoms. The van der Waals surface area contributed by atoms with Crippen molar-refractivity contribution in [3.05, 3.63) is 112 Å². The summed E-state index contributed by atoms with van der Waals surface area (Å²) < 4.78 is 0. The van der Waals surface area contributed by atoms with Gasteiger partial charge < -0.3 is 10.3 Å². The maximum Gasteiger partial charge on any atom is 0.256 e. The van der Waals surface area contributed by atoms with Gasteiger partial charge in [-0.15, -0.1) is 0 Å². The third-order valence-electron chi connectivity index (χ3n) is 5.56. The molecule has 4 aromatic rings. The van der Waals surface area contributed by atoms with Gasteiger partial charge in [-0.3, -0.25) is 4.79 Å². The number of H-pyrrole nitrogens is 1. The summed E-state index contributed by atoms with van der Waals surface area (Å²) in [5.74, 6) is 0. The van der Waals surface area contributed by atoms with Crippen molar-refractivity contribution in [2.75, 3.05) is 0 Å². The summed E-state index contributed by atoms with van der Waals surface area (Å²) in [5, 5.41) is 4.23. The number of fused-ring (bicyclic) bond motifs is 1. The Morgan fingerprint density at radius 3 is 2.25 bits per heavy atom. The molecule has 152 valence electrons. The molecule has 0 unspecified atom stereocenters. The van der Waals surface area contributed by atoms with Gasteiger partial charge in [0, 0.05) is 28.6 Å². The van der Waals surface area contributed by atoms with E-state index in [0.717, 1.165) is 38.9 Å². The fraction of sp³-hybridized carbons (Fsp3) is 0.0370. The highest BCUT2D eigenvalue weighted by atomic mass is 32.1. The van der Waals surface area contributed by atoms with Crippen molar-refractivity contribution in [1.82, 2.24) is 10.3 Å². The van der Waals surface area contributed by atoms with E-state index in [2.05, 4.69) is 10.3 Å². The Kier molecular flexibility index (Phi) is 5.34. The minimum atomic E-state index is -0.149. The quantitative estimate of drug-likeness (QED) is 0.365. The lowest BCUT2D eigenvalue weighted by molar-refractivity contribution is 1.27. The van der Waals surface area contributed by atoms with Crippen LogP contribution in [0.2, 0.25) is 0 Å². The highest BCUT2D eigenvalue weighted by Gasteiger charge is 2.19. The van der Waals surface area contributed by atoms with E-state index in [1.165, 1.54) is 0 Å². The van der Waals surface area contributed by atoms with Gasteiger partial charge in [-0.1, -0.05) is 96.6 Å². The first kappa shape index (κ1) is 20.2. The van der Waals surface area contributed by atoms with Crippen LogP contribution >= 0.6 is 12.2 Å². The largest absolute Gasteiger partial charge is 0.349 e. The van der Waals surface area contributed by atoms with E-state index in [-0.39, 0.29) is 5.56 Å². The number of benzene rings is 3. The zero-order valence-corrected chi connectivity index (χ0v) is 18.1. The second-order valence-corrected chi connectivity index (χ2v) is 8.20. The average Bonchev–Trinajstić information content (AvgIpc) is 3.01. The number of thiocarbonyl (C=S) groups is 1. The Labute approximate surface area is 192 Å². The minimum absolute atomic E-state index is 0.149. The lowest BCUT2D eigenvalue weighted by Gasteiger charge is -2.15. The van der Waals surface area contributed by atoms with E-state index in [4.69, 9.17) is 20.1 Å². The molecule has 2 radical (unpaired) electrons. The zero-order valence-electron chi connectivity index (χ0n) is 17.3. The van der Waals surface area contributed by atoms with E-state index in [1.807, 2.05) is 84.9 Å². The van der Waals surface area contributed by atoms with Crippen LogP contribution in [0.25, 0.3) is 33.3 Å². The van der Waals surface area contributed by atoms with Crippen LogP contribution in [0, 0.1) is 0 Å². The Morgan fingerprint density at radius 2 is 1.53 bits per heavy atom. The topological polar surface area (TPSA) is 44.9 Å². The molecular weight excluding hydrogens is 411 g/mol. The second-order valence-electron chi connectivity index (χ2n) is 7.71. The van der Waals surface area contributed by atoms with Gasteiger partial charge in [-0.25, -0.2) is 0 Å². The first-order valence-electron chi connectivity index (χ1n) is 10.4. The van der Waals surface area contributed by atoms with Gasteiger partial charge in [-0.2, -0.15) is 0 Å². The van der Waals surface area contributed by atoms with Gasteiger partial charge >= 0.3 is 0 Å². The van der Waals surface area contributed by atoms with Crippen LogP contribution in [-0.4, -0.2) is 17.8 Å². The number of hydrogen-bond acceptors (Lipinski definition) is 2. The molecule has 0 spiro atoms.